The molecule has 4 heteroatoms. The zero-order valence-electron chi connectivity index (χ0n) is 9.16. The van der Waals surface area contributed by atoms with E-state index < -0.39 is 0 Å². The summed E-state index contributed by atoms with van der Waals surface area (Å²) in [5.74, 6) is 0. The molecule has 2 aromatic rings. The fourth-order valence-corrected chi connectivity index (χ4v) is 2.05. The number of pyridine rings is 1. The van der Waals surface area contributed by atoms with Crippen molar-refractivity contribution in [2.45, 2.75) is 13.1 Å². The molecule has 2 nitrogen and oxygen atoms in total. The first kappa shape index (κ1) is 12.6. The van der Waals surface area contributed by atoms with Gasteiger partial charge in [0.25, 0.3) is 0 Å². The third kappa shape index (κ3) is 3.80. The van der Waals surface area contributed by atoms with Gasteiger partial charge in [0, 0.05) is 30.0 Å². The number of halogens is 2. The molecule has 0 aliphatic rings. The Labute approximate surface area is 114 Å². The molecule has 0 atom stereocenters. The number of nitrogens with one attached hydrogen (secondary N) is 1. The molecule has 1 aromatic heterocycles. The molecule has 0 saturated carbocycles. The highest BCUT2D eigenvalue weighted by atomic mass is 79.9. The highest BCUT2D eigenvalue weighted by Crippen LogP contribution is 2.23. The van der Waals surface area contributed by atoms with Crippen LogP contribution in [-0.2, 0) is 13.1 Å². The molecule has 0 unspecified atom stereocenters. The fourth-order valence-electron chi connectivity index (χ4n) is 1.50. The summed E-state index contributed by atoms with van der Waals surface area (Å²) in [4.78, 5) is 3.98. The summed E-state index contributed by atoms with van der Waals surface area (Å²) in [6.45, 7) is 1.65. The van der Waals surface area contributed by atoms with Crippen molar-refractivity contribution in [1.82, 2.24) is 10.3 Å². The quantitative estimate of drug-likeness (QED) is 0.929. The van der Waals surface area contributed by atoms with Crippen LogP contribution in [-0.4, -0.2) is 4.98 Å². The molecular weight excluding hydrogens is 300 g/mol. The lowest BCUT2D eigenvalue weighted by atomic mass is 10.2. The average molecular weight is 312 g/mol. The Morgan fingerprint density at radius 2 is 1.76 bits per heavy atom. The van der Waals surface area contributed by atoms with Crippen LogP contribution in [0.5, 0.6) is 0 Å². The maximum atomic E-state index is 5.94. The average Bonchev–Trinajstić information content (AvgIpc) is 2.35. The van der Waals surface area contributed by atoms with Crippen LogP contribution in [0.15, 0.2) is 47.2 Å². The zero-order chi connectivity index (χ0) is 12.1. The first-order valence-electron chi connectivity index (χ1n) is 5.29. The molecule has 0 fully saturated rings. The van der Waals surface area contributed by atoms with Crippen LogP contribution in [0.4, 0.5) is 0 Å². The smallest absolute Gasteiger partial charge is 0.0548 e. The van der Waals surface area contributed by atoms with Crippen molar-refractivity contribution in [2.75, 3.05) is 0 Å². The van der Waals surface area contributed by atoms with E-state index in [-0.39, 0.29) is 0 Å². The third-order valence-corrected chi connectivity index (χ3v) is 3.61. The molecule has 0 aliphatic heterocycles. The fraction of sp³-hybridized carbons (Fsp3) is 0.154. The second kappa shape index (κ2) is 6.15. The van der Waals surface area contributed by atoms with Gasteiger partial charge in [-0.1, -0.05) is 17.7 Å². The maximum absolute atomic E-state index is 5.94. The largest absolute Gasteiger partial charge is 0.309 e. The molecule has 0 radical (unpaired) electrons. The molecule has 1 heterocycles. The summed E-state index contributed by atoms with van der Waals surface area (Å²) >= 11 is 9.35. The van der Waals surface area contributed by atoms with Gasteiger partial charge in [-0.3, -0.25) is 4.98 Å². The van der Waals surface area contributed by atoms with Crippen LogP contribution in [0, 0.1) is 0 Å². The van der Waals surface area contributed by atoms with Crippen molar-refractivity contribution in [2.24, 2.45) is 0 Å². The van der Waals surface area contributed by atoms with E-state index in [9.17, 15) is 0 Å². The van der Waals surface area contributed by atoms with Gasteiger partial charge < -0.3 is 5.32 Å². The summed E-state index contributed by atoms with van der Waals surface area (Å²) < 4.78 is 0.933. The molecule has 17 heavy (non-hydrogen) atoms. The van der Waals surface area contributed by atoms with Crippen molar-refractivity contribution in [1.29, 1.82) is 0 Å². The van der Waals surface area contributed by atoms with Crippen LogP contribution >= 0.6 is 27.5 Å². The van der Waals surface area contributed by atoms with Gasteiger partial charge in [0.05, 0.1) is 5.02 Å². The van der Waals surface area contributed by atoms with Crippen LogP contribution in [0.2, 0.25) is 5.02 Å². The molecule has 0 bridgehead atoms. The molecule has 1 N–H and O–H groups in total. The highest BCUT2D eigenvalue weighted by molar-refractivity contribution is 9.10. The summed E-state index contributed by atoms with van der Waals surface area (Å²) in [7, 11) is 0. The number of rotatable bonds is 4. The molecule has 0 aliphatic carbocycles. The Balaban J connectivity index is 1.88. The predicted molar refractivity (Wildman–Crippen MR) is 73.9 cm³/mol. The van der Waals surface area contributed by atoms with E-state index in [1.165, 1.54) is 11.1 Å². The van der Waals surface area contributed by atoms with E-state index in [2.05, 4.69) is 26.2 Å². The SMILES string of the molecule is Clc1ccc(CNCc2ccncc2)cc1Br. The van der Waals surface area contributed by atoms with Gasteiger partial charge in [0.2, 0.25) is 0 Å². The van der Waals surface area contributed by atoms with Gasteiger partial charge >= 0.3 is 0 Å². The van der Waals surface area contributed by atoms with Crippen molar-refractivity contribution in [3.63, 3.8) is 0 Å². The number of aromatic nitrogens is 1. The van der Waals surface area contributed by atoms with E-state index in [4.69, 9.17) is 11.6 Å². The van der Waals surface area contributed by atoms with E-state index in [1.54, 1.807) is 12.4 Å². The standard InChI is InChI=1S/C13H12BrClN2/c14-12-7-11(1-2-13(12)15)9-17-8-10-3-5-16-6-4-10/h1-7,17H,8-9H2. The second-order valence-corrected chi connectivity index (χ2v) is 4.97. The van der Waals surface area contributed by atoms with E-state index in [0.29, 0.717) is 0 Å². The predicted octanol–water partition coefficient (Wildman–Crippen LogP) is 3.79. The number of hydrogen-bond acceptors (Lipinski definition) is 2. The van der Waals surface area contributed by atoms with Gasteiger partial charge in [-0.2, -0.15) is 0 Å². The first-order valence-corrected chi connectivity index (χ1v) is 6.46. The number of hydrogen-bond donors (Lipinski definition) is 1. The molecule has 0 spiro atoms. The van der Waals surface area contributed by atoms with Crippen molar-refractivity contribution >= 4 is 27.5 Å². The van der Waals surface area contributed by atoms with Crippen LogP contribution in [0.25, 0.3) is 0 Å². The Morgan fingerprint density at radius 1 is 1.06 bits per heavy atom. The Morgan fingerprint density at radius 3 is 2.47 bits per heavy atom. The summed E-state index contributed by atoms with van der Waals surface area (Å²) in [6, 6.07) is 9.96. The summed E-state index contributed by atoms with van der Waals surface area (Å²) in [6.07, 6.45) is 3.60. The van der Waals surface area contributed by atoms with Gasteiger partial charge in [-0.05, 0) is 51.3 Å². The third-order valence-electron chi connectivity index (χ3n) is 2.39. The highest BCUT2D eigenvalue weighted by Gasteiger charge is 1.99. The van der Waals surface area contributed by atoms with Crippen LogP contribution < -0.4 is 5.32 Å². The first-order chi connectivity index (χ1) is 8.25. The van der Waals surface area contributed by atoms with Gasteiger partial charge in [-0.25, -0.2) is 0 Å². The minimum absolute atomic E-state index is 0.739. The lowest BCUT2D eigenvalue weighted by molar-refractivity contribution is 0.692. The molecule has 88 valence electrons. The molecular formula is C13H12BrClN2. The second-order valence-electron chi connectivity index (χ2n) is 3.71. The zero-order valence-corrected chi connectivity index (χ0v) is 11.5. The lowest BCUT2D eigenvalue weighted by Crippen LogP contribution is -2.12. The Bertz CT molecular complexity index is 488. The number of nitrogens with zero attached hydrogens (tertiary/aromatic N) is 1. The van der Waals surface area contributed by atoms with Gasteiger partial charge in [-0.15, -0.1) is 0 Å². The maximum Gasteiger partial charge on any atom is 0.0548 e. The molecule has 1 aromatic carbocycles. The molecule has 0 saturated heterocycles. The van der Waals surface area contributed by atoms with Gasteiger partial charge in [0.1, 0.15) is 0 Å². The topological polar surface area (TPSA) is 24.9 Å². The van der Waals surface area contributed by atoms with Crippen LogP contribution in [0.1, 0.15) is 11.1 Å². The van der Waals surface area contributed by atoms with Crippen molar-refractivity contribution in [3.05, 3.63) is 63.3 Å². The molecule has 2 rings (SSSR count). The monoisotopic (exact) mass is 310 g/mol. The Hall–Kier alpha value is -0.900. The molecule has 0 amide bonds. The normalized spacial score (nSPS) is 10.5. The lowest BCUT2D eigenvalue weighted by Gasteiger charge is -2.06. The van der Waals surface area contributed by atoms with Gasteiger partial charge in [0.15, 0.2) is 0 Å². The Kier molecular flexibility index (Phi) is 4.54. The summed E-state index contributed by atoms with van der Waals surface area (Å²) in [5, 5.41) is 4.11. The van der Waals surface area contributed by atoms with Crippen molar-refractivity contribution in [3.8, 4) is 0 Å². The number of benzene rings is 1. The van der Waals surface area contributed by atoms with E-state index >= 15 is 0 Å². The van der Waals surface area contributed by atoms with Crippen LogP contribution in [0.3, 0.4) is 0 Å². The minimum atomic E-state index is 0.739. The van der Waals surface area contributed by atoms with E-state index in [1.807, 2.05) is 30.3 Å². The minimum Gasteiger partial charge on any atom is -0.309 e. The van der Waals surface area contributed by atoms with Crippen molar-refractivity contribution < 1.29 is 0 Å². The van der Waals surface area contributed by atoms with E-state index in [0.717, 1.165) is 22.6 Å². The summed E-state index contributed by atoms with van der Waals surface area (Å²) in [5.41, 5.74) is 2.43.